The summed E-state index contributed by atoms with van der Waals surface area (Å²) >= 11 is 1.69. The lowest BCUT2D eigenvalue weighted by atomic mass is 9.96. The minimum absolute atomic E-state index is 0.775. The highest BCUT2D eigenvalue weighted by molar-refractivity contribution is 7.07. The lowest BCUT2D eigenvalue weighted by Gasteiger charge is -2.10. The number of aryl methyl sites for hydroxylation is 2. The summed E-state index contributed by atoms with van der Waals surface area (Å²) in [4.78, 5) is 4.33. The predicted molar refractivity (Wildman–Crippen MR) is 74.4 cm³/mol. The Labute approximate surface area is 108 Å². The van der Waals surface area contributed by atoms with Crippen molar-refractivity contribution in [1.29, 1.82) is 0 Å². The Morgan fingerprint density at radius 3 is 2.59 bits per heavy atom. The van der Waals surface area contributed by atoms with Crippen LogP contribution in [0.25, 0.3) is 0 Å². The summed E-state index contributed by atoms with van der Waals surface area (Å²) in [5.74, 6) is 0.775. The normalized spacial score (nSPS) is 12.5. The molecule has 0 N–H and O–H groups in total. The fourth-order valence-corrected chi connectivity index (χ4v) is 2.55. The zero-order valence-electron chi connectivity index (χ0n) is 10.3. The van der Waals surface area contributed by atoms with Crippen molar-refractivity contribution in [2.75, 3.05) is 0 Å². The van der Waals surface area contributed by atoms with Crippen LogP contribution in [0.3, 0.4) is 0 Å². The van der Waals surface area contributed by atoms with E-state index in [0.717, 1.165) is 12.3 Å². The van der Waals surface area contributed by atoms with E-state index in [1.807, 2.05) is 5.51 Å². The van der Waals surface area contributed by atoms with Crippen LogP contribution in [-0.2, 0) is 12.8 Å². The molecule has 0 fully saturated rings. The Hall–Kier alpha value is -1.15. The molecule has 1 aromatic carbocycles. The maximum atomic E-state index is 4.33. The van der Waals surface area contributed by atoms with Gasteiger partial charge in [0.2, 0.25) is 0 Å². The fraction of sp³-hybridized carbons (Fsp3) is 0.400. The van der Waals surface area contributed by atoms with E-state index in [-0.39, 0.29) is 0 Å². The molecule has 1 heterocycles. The maximum Gasteiger partial charge on any atom is 0.0794 e. The first kappa shape index (κ1) is 12.3. The molecule has 0 aliphatic carbocycles. The molecule has 1 atom stereocenters. The minimum Gasteiger partial charge on any atom is -0.250 e. The average molecular weight is 245 g/mol. The van der Waals surface area contributed by atoms with E-state index < -0.39 is 0 Å². The van der Waals surface area contributed by atoms with Crippen molar-refractivity contribution < 1.29 is 0 Å². The molecule has 0 saturated carbocycles. The summed E-state index contributed by atoms with van der Waals surface area (Å²) in [6, 6.07) is 10.8. The zero-order valence-corrected chi connectivity index (χ0v) is 11.1. The molecule has 1 nitrogen and oxygen atoms in total. The van der Waals surface area contributed by atoms with Crippen LogP contribution in [0.1, 0.15) is 31.0 Å². The van der Waals surface area contributed by atoms with Gasteiger partial charge in [-0.05, 0) is 37.2 Å². The second kappa shape index (κ2) is 6.55. The van der Waals surface area contributed by atoms with Crippen LogP contribution in [0.15, 0.2) is 41.2 Å². The lowest BCUT2D eigenvalue weighted by Crippen LogP contribution is -2.00. The van der Waals surface area contributed by atoms with Crippen LogP contribution in [0.4, 0.5) is 0 Å². The van der Waals surface area contributed by atoms with E-state index in [2.05, 4.69) is 47.6 Å². The van der Waals surface area contributed by atoms with E-state index in [1.54, 1.807) is 11.3 Å². The van der Waals surface area contributed by atoms with Crippen molar-refractivity contribution in [2.45, 2.75) is 32.6 Å². The molecular weight excluding hydrogens is 226 g/mol. The fourth-order valence-electron chi connectivity index (χ4n) is 1.96. The Bertz CT molecular complexity index is 408. The van der Waals surface area contributed by atoms with E-state index in [1.165, 1.54) is 30.5 Å². The standard InChI is InChI=1S/C15H19NS/c1-13(8-10-15-11-17-12-16-15)7-9-14-5-3-2-4-6-14/h2-6,11-13H,7-10H2,1H3. The van der Waals surface area contributed by atoms with Crippen LogP contribution in [0, 0.1) is 5.92 Å². The van der Waals surface area contributed by atoms with Gasteiger partial charge in [0.1, 0.15) is 0 Å². The SMILES string of the molecule is CC(CCc1ccccc1)CCc1cscn1. The van der Waals surface area contributed by atoms with Crippen molar-refractivity contribution in [3.05, 3.63) is 52.5 Å². The number of hydrogen-bond donors (Lipinski definition) is 0. The van der Waals surface area contributed by atoms with Gasteiger partial charge in [-0.15, -0.1) is 11.3 Å². The van der Waals surface area contributed by atoms with Gasteiger partial charge in [0, 0.05) is 5.38 Å². The minimum atomic E-state index is 0.775. The molecule has 2 aromatic rings. The van der Waals surface area contributed by atoms with Crippen molar-refractivity contribution >= 4 is 11.3 Å². The van der Waals surface area contributed by atoms with Gasteiger partial charge >= 0.3 is 0 Å². The van der Waals surface area contributed by atoms with E-state index in [4.69, 9.17) is 0 Å². The summed E-state index contributed by atoms with van der Waals surface area (Å²) in [6.07, 6.45) is 4.84. The van der Waals surface area contributed by atoms with Gasteiger partial charge in [0.05, 0.1) is 11.2 Å². The quantitative estimate of drug-likeness (QED) is 0.737. The summed E-state index contributed by atoms with van der Waals surface area (Å²) in [6.45, 7) is 2.34. The first-order valence-corrected chi connectivity index (χ1v) is 7.20. The van der Waals surface area contributed by atoms with Gasteiger partial charge < -0.3 is 0 Å². The summed E-state index contributed by atoms with van der Waals surface area (Å²) in [7, 11) is 0. The van der Waals surface area contributed by atoms with Gasteiger partial charge in [-0.3, -0.25) is 0 Å². The van der Waals surface area contributed by atoms with Crippen LogP contribution in [0.5, 0.6) is 0 Å². The molecule has 0 bridgehead atoms. The van der Waals surface area contributed by atoms with Crippen molar-refractivity contribution in [2.24, 2.45) is 5.92 Å². The highest BCUT2D eigenvalue weighted by Crippen LogP contribution is 2.15. The maximum absolute atomic E-state index is 4.33. The molecule has 0 saturated heterocycles. The average Bonchev–Trinajstić information content (AvgIpc) is 2.88. The number of hydrogen-bond acceptors (Lipinski definition) is 2. The summed E-state index contributed by atoms with van der Waals surface area (Å²) < 4.78 is 0. The highest BCUT2D eigenvalue weighted by atomic mass is 32.1. The van der Waals surface area contributed by atoms with E-state index in [0.29, 0.717) is 0 Å². The first-order valence-electron chi connectivity index (χ1n) is 6.25. The third-order valence-corrected chi connectivity index (χ3v) is 3.78. The Balaban J connectivity index is 1.69. The Morgan fingerprint density at radius 2 is 1.88 bits per heavy atom. The molecule has 0 spiro atoms. The van der Waals surface area contributed by atoms with Gasteiger partial charge in [-0.2, -0.15) is 0 Å². The molecule has 0 amide bonds. The summed E-state index contributed by atoms with van der Waals surface area (Å²) in [5.41, 5.74) is 4.62. The van der Waals surface area contributed by atoms with Crippen molar-refractivity contribution in [3.63, 3.8) is 0 Å². The largest absolute Gasteiger partial charge is 0.250 e. The van der Waals surface area contributed by atoms with E-state index in [9.17, 15) is 0 Å². The number of nitrogens with zero attached hydrogens (tertiary/aromatic N) is 1. The molecule has 17 heavy (non-hydrogen) atoms. The predicted octanol–water partition coefficient (Wildman–Crippen LogP) is 4.34. The molecule has 90 valence electrons. The molecule has 1 aromatic heterocycles. The summed E-state index contributed by atoms with van der Waals surface area (Å²) in [5, 5.41) is 2.16. The number of aromatic nitrogens is 1. The van der Waals surface area contributed by atoms with Crippen molar-refractivity contribution in [3.8, 4) is 0 Å². The van der Waals surface area contributed by atoms with Gasteiger partial charge in [0.15, 0.2) is 0 Å². The Morgan fingerprint density at radius 1 is 1.12 bits per heavy atom. The molecule has 2 rings (SSSR count). The smallest absolute Gasteiger partial charge is 0.0794 e. The number of thiazole rings is 1. The van der Waals surface area contributed by atoms with Gasteiger partial charge in [0.25, 0.3) is 0 Å². The Kier molecular flexibility index (Phi) is 4.75. The van der Waals surface area contributed by atoms with E-state index >= 15 is 0 Å². The van der Waals surface area contributed by atoms with Crippen LogP contribution < -0.4 is 0 Å². The van der Waals surface area contributed by atoms with Crippen molar-refractivity contribution in [1.82, 2.24) is 4.98 Å². The molecule has 0 aliphatic heterocycles. The number of rotatable bonds is 6. The van der Waals surface area contributed by atoms with Gasteiger partial charge in [-0.25, -0.2) is 4.98 Å². The number of benzene rings is 1. The zero-order chi connectivity index (χ0) is 11.9. The van der Waals surface area contributed by atoms with Crippen LogP contribution >= 0.6 is 11.3 Å². The highest BCUT2D eigenvalue weighted by Gasteiger charge is 2.04. The second-order valence-corrected chi connectivity index (χ2v) is 5.37. The third-order valence-electron chi connectivity index (χ3n) is 3.15. The molecule has 1 unspecified atom stereocenters. The second-order valence-electron chi connectivity index (χ2n) is 4.65. The van der Waals surface area contributed by atoms with Crippen LogP contribution in [0.2, 0.25) is 0 Å². The molecule has 0 aliphatic rings. The third kappa shape index (κ3) is 4.31. The van der Waals surface area contributed by atoms with Gasteiger partial charge in [-0.1, -0.05) is 37.3 Å². The first-order chi connectivity index (χ1) is 8.34. The lowest BCUT2D eigenvalue weighted by molar-refractivity contribution is 0.491. The molecular formula is C15H19NS. The van der Waals surface area contributed by atoms with Crippen LogP contribution in [-0.4, -0.2) is 4.98 Å². The molecule has 0 radical (unpaired) electrons. The monoisotopic (exact) mass is 245 g/mol. The topological polar surface area (TPSA) is 12.9 Å². The molecule has 2 heteroatoms.